The number of Topliss-reactive ketones (excluding diaryl/α,β-unsaturated/α-hetero) is 1. The van der Waals surface area contributed by atoms with E-state index in [4.69, 9.17) is 67.6 Å². The van der Waals surface area contributed by atoms with E-state index in [0.717, 1.165) is 33.7 Å². The maximum absolute atomic E-state index is 14.3. The molecule has 5 heterocycles. The van der Waals surface area contributed by atoms with Crippen LogP contribution in [0.5, 0.6) is 0 Å². The van der Waals surface area contributed by atoms with Gasteiger partial charge in [0.05, 0.1) is 140 Å². The fraction of sp³-hybridized carbons (Fsp3) is 0.579. The Morgan fingerprint density at radius 3 is 1.95 bits per heavy atom. The van der Waals surface area contributed by atoms with E-state index in [1.165, 1.54) is 29.4 Å². The number of carbonyl (C=O) groups excluding carboxylic acids is 6. The Balaban J connectivity index is 0.000000348. The third-order valence-corrected chi connectivity index (χ3v) is 19.0. The number of para-hydroxylation sites is 1. The lowest BCUT2D eigenvalue weighted by molar-refractivity contribution is -0.175. The van der Waals surface area contributed by atoms with Crippen LogP contribution in [0.4, 0.5) is 10.5 Å². The monoisotopic (exact) mass is 1550 g/mol. The van der Waals surface area contributed by atoms with Gasteiger partial charge in [0.15, 0.2) is 10.9 Å². The number of esters is 1. The number of ether oxygens (including phenoxy) is 12. The fourth-order valence-electron chi connectivity index (χ4n) is 11.5. The van der Waals surface area contributed by atoms with Gasteiger partial charge in [0.2, 0.25) is 33.3 Å². The van der Waals surface area contributed by atoms with Gasteiger partial charge in [-0.15, -0.1) is 0 Å². The molecule has 2 aliphatic rings. The number of nitrogens with two attached hydrogens (primary N) is 1. The number of cyclic esters (lactones) is 1. The molecule has 3 aromatic heterocycles. The maximum Gasteiger partial charge on any atom is 0.510 e. The van der Waals surface area contributed by atoms with Crippen molar-refractivity contribution in [3.05, 3.63) is 111 Å². The van der Waals surface area contributed by atoms with Gasteiger partial charge in [-0.2, -0.15) is 4.31 Å². The maximum atomic E-state index is 14.3. The highest BCUT2D eigenvalue weighted by Crippen LogP contribution is 2.42. The molecule has 0 unspecified atom stereocenters. The molecule has 2 aromatic carbocycles. The molecule has 3 amide bonds. The number of hydrogen-bond donors (Lipinski definition) is 4. The molecule has 0 aliphatic carbocycles. The first kappa shape index (κ1) is 89.0. The molecule has 0 fully saturated rings. The number of amides is 3. The third kappa shape index (κ3) is 30.2. The number of rotatable bonds is 51. The van der Waals surface area contributed by atoms with Crippen molar-refractivity contribution in [2.45, 2.75) is 141 Å². The Kier molecular flexibility index (Phi) is 40.6. The van der Waals surface area contributed by atoms with Crippen molar-refractivity contribution in [3.8, 4) is 23.2 Å². The molecule has 108 heavy (non-hydrogen) atoms. The molecule has 32 heteroatoms. The van der Waals surface area contributed by atoms with E-state index in [9.17, 15) is 42.0 Å². The lowest BCUT2D eigenvalue weighted by Gasteiger charge is -2.35. The number of aromatic nitrogens is 4. The summed E-state index contributed by atoms with van der Waals surface area (Å²) in [5.41, 5.74) is 8.50. The summed E-state index contributed by atoms with van der Waals surface area (Å²) in [6, 6.07) is 14.7. The number of nitrogens with one attached hydrogen (secondary N) is 3. The minimum atomic E-state index is -3.50. The Morgan fingerprint density at radius 1 is 0.769 bits per heavy atom. The predicted octanol–water partition coefficient (Wildman–Crippen LogP) is 6.58. The Bertz CT molecular complexity index is 3880. The highest BCUT2D eigenvalue weighted by atomic mass is 32.2. The number of fused-ring (bicyclic) bond motifs is 5. The van der Waals surface area contributed by atoms with E-state index >= 15 is 0 Å². The number of anilines is 1. The van der Waals surface area contributed by atoms with E-state index in [1.54, 1.807) is 61.1 Å². The van der Waals surface area contributed by atoms with Crippen LogP contribution in [0.2, 0.25) is 0 Å². The third-order valence-electron chi connectivity index (χ3n) is 17.0. The number of methoxy groups -OCH3 is 1. The van der Waals surface area contributed by atoms with Crippen LogP contribution in [0, 0.1) is 11.8 Å². The van der Waals surface area contributed by atoms with E-state index in [2.05, 4.69) is 37.8 Å². The number of thioether (sulfide) groups is 1. The average molecular weight is 1550 g/mol. The predicted molar refractivity (Wildman–Crippen MR) is 404 cm³/mol. The molecule has 0 saturated heterocycles. The number of sulfonamides is 1. The first-order chi connectivity index (χ1) is 52.3. The normalized spacial score (nSPS) is 13.9. The van der Waals surface area contributed by atoms with E-state index in [1.807, 2.05) is 44.4 Å². The smallest absolute Gasteiger partial charge is 0.457 e. The first-order valence-corrected chi connectivity index (χ1v) is 39.7. The second-order valence-corrected chi connectivity index (χ2v) is 28.0. The lowest BCUT2D eigenvalue weighted by Crippen LogP contribution is -2.47. The Labute approximate surface area is 636 Å². The highest BCUT2D eigenvalue weighted by molar-refractivity contribution is 7.98. The van der Waals surface area contributed by atoms with E-state index in [-0.39, 0.29) is 86.4 Å². The van der Waals surface area contributed by atoms with Crippen molar-refractivity contribution in [2.24, 2.45) is 5.73 Å². The minimum absolute atomic E-state index is 0.0119. The number of pyridine rings is 2. The molecule has 594 valence electrons. The van der Waals surface area contributed by atoms with Gasteiger partial charge in [-0.05, 0) is 107 Å². The van der Waals surface area contributed by atoms with Gasteiger partial charge >= 0.3 is 12.1 Å². The quantitative estimate of drug-likeness (QED) is 0.0103. The molecule has 0 radical (unpaired) electrons. The largest absolute Gasteiger partial charge is 0.510 e. The van der Waals surface area contributed by atoms with Crippen LogP contribution in [-0.2, 0) is 123 Å². The minimum Gasteiger partial charge on any atom is -0.457 e. The average Bonchev–Trinajstić information content (AvgIpc) is 1.45. The number of benzene rings is 2. The molecule has 5 aromatic rings. The number of unbranched alkanes of at least 4 members (excludes halogenated alkanes) is 2. The van der Waals surface area contributed by atoms with Gasteiger partial charge in [0.1, 0.15) is 25.9 Å². The molecule has 7 rings (SSSR count). The highest BCUT2D eigenvalue weighted by Gasteiger charge is 2.51. The number of nitrogens with zero attached hydrogens (tertiary/aromatic N) is 5. The first-order valence-electron chi connectivity index (χ1n) is 36.6. The van der Waals surface area contributed by atoms with Gasteiger partial charge in [0, 0.05) is 93.1 Å². The van der Waals surface area contributed by atoms with Crippen molar-refractivity contribution < 1.29 is 94.0 Å². The summed E-state index contributed by atoms with van der Waals surface area (Å²) in [6.45, 7) is 15.6. The number of carbonyl (C=O) groups is 6. The van der Waals surface area contributed by atoms with E-state index in [0.29, 0.717) is 198 Å². The molecule has 2 aliphatic heterocycles. The standard InChI is InChI=1S/C43H52N6O10S.C33H55N3O11S/c1-6-37(50)46-35(14-10-11-20-44)39(51)45-28-17-15-27(16-18-28)24-58-42(54)59-43(7-2)33-22-36-38-31(23-48(36)40(52)32(33)25-57-41(43)53)29(30-12-8-9-13-34(30)47-38)19-21-49(26(3)4)60(5,55)56;1-39-29-31(37)8-6-11-40-13-15-42-17-19-44-21-23-46-25-26-47-24-22-45-20-18-43-16-14-41-12-10-34-32(38)9-5-3-4-7-30-27-35-33(48-2)36-28-30/h8-9,12-13,15-18,22,26,35H,6-7,10-11,14,19-21,23-25,44H2,1-5H3,(H,45,51)(H,46,50);27-28H,3,5-6,8-26,29H2,1-2H3,(H,34,38)/t35-,43-;/m0./s1. The zero-order chi connectivity index (χ0) is 77.9. The molecular formula is C76H107N9O21S2. The lowest BCUT2D eigenvalue weighted by atomic mass is 9.85. The van der Waals surface area contributed by atoms with E-state index < -0.39 is 39.4 Å². The van der Waals surface area contributed by atoms with Gasteiger partial charge in [-0.3, -0.25) is 24.0 Å². The fourth-order valence-corrected chi connectivity index (χ4v) is 13.0. The van der Waals surface area contributed by atoms with Gasteiger partial charge in [-0.25, -0.2) is 33.0 Å². The van der Waals surface area contributed by atoms with Crippen LogP contribution in [0.1, 0.15) is 125 Å². The van der Waals surface area contributed by atoms with Crippen LogP contribution in [0.25, 0.3) is 22.3 Å². The summed E-state index contributed by atoms with van der Waals surface area (Å²) in [4.78, 5) is 103. The zero-order valence-electron chi connectivity index (χ0n) is 63.3. The molecule has 0 saturated carbocycles. The SMILES string of the molecule is CCC(=O)N[C@@H](CCCCN)C(=O)Nc1ccc(COC(=O)O[C@]2(CC)C(=O)OCc3c2cc2n(c3=O)Cc3c-2nc2ccccc2c3CCN(C(C)C)S(C)(=O)=O)cc1.COCC(=O)CCCOCCOCCOCCOCCOCCOCCOCCOCCNC(=O)CCCC#Cc1cnc(SC)nc1. The van der Waals surface area contributed by atoms with Gasteiger partial charge < -0.3 is 83.1 Å². The summed E-state index contributed by atoms with van der Waals surface area (Å²) in [7, 11) is -1.99. The second-order valence-electron chi connectivity index (χ2n) is 25.2. The molecule has 0 bridgehead atoms. The van der Waals surface area contributed by atoms with Gasteiger partial charge in [0.25, 0.3) is 5.56 Å². The number of hydrogen-bond acceptors (Lipinski definition) is 26. The molecule has 5 N–H and O–H groups in total. The summed E-state index contributed by atoms with van der Waals surface area (Å²) in [6.07, 6.45) is 10.6. The van der Waals surface area contributed by atoms with Crippen LogP contribution in [-0.4, -0.2) is 232 Å². The summed E-state index contributed by atoms with van der Waals surface area (Å²) in [5, 5.41) is 9.95. The molecule has 30 nitrogen and oxygen atoms in total. The van der Waals surface area contributed by atoms with Crippen molar-refractivity contribution in [3.63, 3.8) is 0 Å². The summed E-state index contributed by atoms with van der Waals surface area (Å²) >= 11 is 1.48. The Morgan fingerprint density at radius 2 is 1.38 bits per heavy atom. The van der Waals surface area contributed by atoms with Crippen molar-refractivity contribution in [2.75, 3.05) is 157 Å². The van der Waals surface area contributed by atoms with Crippen LogP contribution < -0.4 is 27.2 Å². The van der Waals surface area contributed by atoms with Crippen LogP contribution >= 0.6 is 11.8 Å². The second kappa shape index (κ2) is 49.3. The van der Waals surface area contributed by atoms with Crippen molar-refractivity contribution in [1.29, 1.82) is 0 Å². The number of ketones is 1. The zero-order valence-corrected chi connectivity index (χ0v) is 64.9. The molecule has 0 spiro atoms. The summed E-state index contributed by atoms with van der Waals surface area (Å²) < 4.78 is 93.5. The molecule has 2 atom stereocenters. The van der Waals surface area contributed by atoms with Gasteiger partial charge in [-0.1, -0.05) is 67.8 Å². The van der Waals surface area contributed by atoms with Crippen molar-refractivity contribution in [1.82, 2.24) is 34.5 Å². The Hall–Kier alpha value is -7.88. The molecular weight excluding hydrogens is 1440 g/mol. The van der Waals surface area contributed by atoms with Crippen LogP contribution in [0.3, 0.4) is 0 Å². The van der Waals surface area contributed by atoms with Crippen LogP contribution in [0.15, 0.2) is 76.9 Å². The van der Waals surface area contributed by atoms with Crippen molar-refractivity contribution >= 4 is 74.0 Å². The summed E-state index contributed by atoms with van der Waals surface area (Å²) in [5.74, 6) is 4.67. The topological polar surface area (TPSA) is 373 Å².